The zero-order valence-electron chi connectivity index (χ0n) is 31.2. The maximum absolute atomic E-state index is 5.51. The Morgan fingerprint density at radius 2 is 0.724 bits per heavy atom. The molecule has 270 valence electrons. The van der Waals surface area contributed by atoms with Gasteiger partial charge in [-0.3, -0.25) is 14.1 Å². The molecule has 13 rings (SSSR count). The molecule has 0 bridgehead atoms. The van der Waals surface area contributed by atoms with Gasteiger partial charge in [-0.2, -0.15) is 0 Å². The van der Waals surface area contributed by atoms with E-state index in [0.29, 0.717) is 0 Å². The van der Waals surface area contributed by atoms with Crippen molar-refractivity contribution in [2.75, 3.05) is 0 Å². The SMILES string of the molecule is c1ccc(-n2c3ccccc3c3cc4c(cc32)c2ccccc2n4-c2cncc(-n3c4ccccc4c4c3ccc3c5ccccc5n(-c5ccccc5)c34)n2)cc1. The summed E-state index contributed by atoms with van der Waals surface area (Å²) in [5.41, 5.74) is 11.3. The molecule has 5 aromatic heterocycles. The molecule has 0 spiro atoms. The van der Waals surface area contributed by atoms with Crippen molar-refractivity contribution in [3.63, 3.8) is 0 Å². The average Bonchev–Trinajstić information content (AvgIpc) is 4.01. The first-order valence-corrected chi connectivity index (χ1v) is 19.7. The number of benzene rings is 8. The van der Waals surface area contributed by atoms with E-state index in [2.05, 4.69) is 200 Å². The van der Waals surface area contributed by atoms with Gasteiger partial charge in [0.2, 0.25) is 0 Å². The maximum Gasteiger partial charge on any atom is 0.158 e. The molecule has 0 atom stereocenters. The lowest BCUT2D eigenvalue weighted by Crippen LogP contribution is -2.04. The van der Waals surface area contributed by atoms with Gasteiger partial charge in [-0.05, 0) is 66.7 Å². The first-order chi connectivity index (χ1) is 28.8. The molecule has 0 radical (unpaired) electrons. The van der Waals surface area contributed by atoms with Crippen LogP contribution in [0, 0.1) is 0 Å². The number of aromatic nitrogens is 6. The van der Waals surface area contributed by atoms with Crippen molar-refractivity contribution in [3.05, 3.63) is 194 Å². The Bertz CT molecular complexity index is 3790. The summed E-state index contributed by atoms with van der Waals surface area (Å²) in [6, 6.07) is 65.3. The zero-order chi connectivity index (χ0) is 37.9. The predicted octanol–water partition coefficient (Wildman–Crippen LogP) is 12.9. The van der Waals surface area contributed by atoms with Crippen LogP contribution in [0.3, 0.4) is 0 Å². The van der Waals surface area contributed by atoms with Gasteiger partial charge in [0.25, 0.3) is 0 Å². The third-order valence-electron chi connectivity index (χ3n) is 12.0. The highest BCUT2D eigenvalue weighted by atomic mass is 15.2. The Labute approximate surface area is 331 Å². The first-order valence-electron chi connectivity index (χ1n) is 19.7. The summed E-state index contributed by atoms with van der Waals surface area (Å²) in [7, 11) is 0. The smallest absolute Gasteiger partial charge is 0.158 e. The molecule has 5 heterocycles. The van der Waals surface area contributed by atoms with E-state index in [1.807, 2.05) is 12.4 Å². The van der Waals surface area contributed by atoms with E-state index < -0.39 is 0 Å². The summed E-state index contributed by atoms with van der Waals surface area (Å²) < 4.78 is 9.37. The molecule has 0 aliphatic heterocycles. The van der Waals surface area contributed by atoms with E-state index in [1.165, 1.54) is 65.2 Å². The predicted molar refractivity (Wildman–Crippen MR) is 239 cm³/mol. The average molecular weight is 741 g/mol. The topological polar surface area (TPSA) is 45.5 Å². The summed E-state index contributed by atoms with van der Waals surface area (Å²) in [5.74, 6) is 1.53. The molecule has 8 aromatic carbocycles. The molecular weight excluding hydrogens is 709 g/mol. The van der Waals surface area contributed by atoms with Crippen LogP contribution in [-0.4, -0.2) is 28.2 Å². The number of para-hydroxylation sites is 6. The standard InChI is InChI=1S/C52H32N6/c1-3-15-33(16-4-1)55-42-23-11-8-20-36(42)40-30-48-41(29-47(40)55)37-21-9-13-25-44(37)58(48)50-32-53-31-49(54-50)57-45-26-14-10-22-39(45)51-46(57)28-27-38-35-19-7-12-24-43(35)56(52(38)51)34-17-5-2-6-18-34/h1-32H. The van der Waals surface area contributed by atoms with E-state index in [9.17, 15) is 0 Å². The van der Waals surface area contributed by atoms with Gasteiger partial charge in [0.05, 0.1) is 56.5 Å². The van der Waals surface area contributed by atoms with Gasteiger partial charge in [-0.15, -0.1) is 0 Å². The van der Waals surface area contributed by atoms with E-state index >= 15 is 0 Å². The van der Waals surface area contributed by atoms with Crippen LogP contribution in [0.4, 0.5) is 0 Å². The number of rotatable bonds is 4. The van der Waals surface area contributed by atoms with Gasteiger partial charge in [-0.25, -0.2) is 4.98 Å². The summed E-state index contributed by atoms with van der Waals surface area (Å²) in [6.07, 6.45) is 3.79. The van der Waals surface area contributed by atoms with Gasteiger partial charge < -0.3 is 9.13 Å². The monoisotopic (exact) mass is 740 g/mol. The van der Waals surface area contributed by atoms with Gasteiger partial charge in [0.15, 0.2) is 11.6 Å². The largest absolute Gasteiger partial charge is 0.309 e. The van der Waals surface area contributed by atoms with Gasteiger partial charge >= 0.3 is 0 Å². The summed E-state index contributed by atoms with van der Waals surface area (Å²) in [4.78, 5) is 10.4. The molecule has 13 aromatic rings. The minimum atomic E-state index is 0.762. The second-order valence-electron chi connectivity index (χ2n) is 15.1. The Morgan fingerprint density at radius 3 is 1.33 bits per heavy atom. The van der Waals surface area contributed by atoms with Crippen molar-refractivity contribution in [1.82, 2.24) is 28.2 Å². The molecule has 0 unspecified atom stereocenters. The highest BCUT2D eigenvalue weighted by molar-refractivity contribution is 6.26. The second-order valence-corrected chi connectivity index (χ2v) is 15.1. The lowest BCUT2D eigenvalue weighted by molar-refractivity contribution is 0.979. The van der Waals surface area contributed by atoms with Crippen LogP contribution >= 0.6 is 0 Å². The molecule has 58 heavy (non-hydrogen) atoms. The van der Waals surface area contributed by atoms with Crippen molar-refractivity contribution in [1.29, 1.82) is 0 Å². The first kappa shape index (κ1) is 31.3. The van der Waals surface area contributed by atoms with Crippen LogP contribution in [-0.2, 0) is 0 Å². The lowest BCUT2D eigenvalue weighted by Gasteiger charge is -2.11. The van der Waals surface area contributed by atoms with Crippen LogP contribution in [0.25, 0.3) is 110 Å². The normalized spacial score (nSPS) is 12.1. The van der Waals surface area contributed by atoms with E-state index in [1.54, 1.807) is 0 Å². The van der Waals surface area contributed by atoms with E-state index in [-0.39, 0.29) is 0 Å². The fourth-order valence-corrected chi connectivity index (χ4v) is 9.69. The zero-order valence-corrected chi connectivity index (χ0v) is 31.2. The molecule has 0 aliphatic carbocycles. The van der Waals surface area contributed by atoms with Crippen molar-refractivity contribution in [2.45, 2.75) is 0 Å². The fourth-order valence-electron chi connectivity index (χ4n) is 9.69. The third kappa shape index (κ3) is 4.20. The van der Waals surface area contributed by atoms with Crippen molar-refractivity contribution in [3.8, 4) is 23.0 Å². The molecule has 0 saturated heterocycles. The van der Waals surface area contributed by atoms with Crippen LogP contribution in [0.1, 0.15) is 0 Å². The van der Waals surface area contributed by atoms with Crippen molar-refractivity contribution in [2.24, 2.45) is 0 Å². The molecular formula is C52H32N6. The van der Waals surface area contributed by atoms with Gasteiger partial charge in [-0.1, -0.05) is 115 Å². The highest BCUT2D eigenvalue weighted by Gasteiger charge is 2.23. The Balaban J connectivity index is 1.10. The molecule has 0 N–H and O–H groups in total. The number of hydrogen-bond acceptors (Lipinski definition) is 2. The van der Waals surface area contributed by atoms with E-state index in [4.69, 9.17) is 9.97 Å². The van der Waals surface area contributed by atoms with E-state index in [0.717, 1.165) is 45.1 Å². The van der Waals surface area contributed by atoms with Gasteiger partial charge in [0.1, 0.15) is 0 Å². The molecule has 6 nitrogen and oxygen atoms in total. The Morgan fingerprint density at radius 1 is 0.293 bits per heavy atom. The minimum absolute atomic E-state index is 0.762. The molecule has 0 fully saturated rings. The van der Waals surface area contributed by atoms with Crippen LogP contribution in [0.15, 0.2) is 194 Å². The van der Waals surface area contributed by atoms with Crippen LogP contribution < -0.4 is 0 Å². The van der Waals surface area contributed by atoms with Crippen LogP contribution in [0.5, 0.6) is 0 Å². The summed E-state index contributed by atoms with van der Waals surface area (Å²) in [5, 5.41) is 9.56. The van der Waals surface area contributed by atoms with Crippen molar-refractivity contribution >= 4 is 87.2 Å². The molecule has 6 heteroatoms. The quantitative estimate of drug-likeness (QED) is 0.180. The maximum atomic E-state index is 5.51. The molecule has 0 saturated carbocycles. The lowest BCUT2D eigenvalue weighted by atomic mass is 10.1. The highest BCUT2D eigenvalue weighted by Crippen LogP contribution is 2.43. The summed E-state index contributed by atoms with van der Waals surface area (Å²) in [6.45, 7) is 0. The minimum Gasteiger partial charge on any atom is -0.309 e. The Kier molecular flexibility index (Phi) is 6.35. The number of fused-ring (bicyclic) bond motifs is 13. The number of hydrogen-bond donors (Lipinski definition) is 0. The number of nitrogens with zero attached hydrogens (tertiary/aromatic N) is 6. The van der Waals surface area contributed by atoms with Crippen molar-refractivity contribution < 1.29 is 0 Å². The van der Waals surface area contributed by atoms with Gasteiger partial charge in [0, 0.05) is 54.5 Å². The van der Waals surface area contributed by atoms with Crippen LogP contribution in [0.2, 0.25) is 0 Å². The fraction of sp³-hybridized carbons (Fsp3) is 0. The molecule has 0 amide bonds. The third-order valence-corrected chi connectivity index (χ3v) is 12.0. The Hall–Kier alpha value is -7.96. The summed E-state index contributed by atoms with van der Waals surface area (Å²) >= 11 is 0. The second kappa shape index (κ2) is 11.8. The molecule has 0 aliphatic rings.